The molecule has 3 nitrogen and oxygen atoms in total. The van der Waals surface area contributed by atoms with Gasteiger partial charge in [0.1, 0.15) is 0 Å². The molecule has 0 amide bonds. The lowest BCUT2D eigenvalue weighted by atomic mass is 9.91. The van der Waals surface area contributed by atoms with Crippen molar-refractivity contribution in [3.05, 3.63) is 22.2 Å². The van der Waals surface area contributed by atoms with E-state index in [0.717, 1.165) is 25.1 Å². The number of hydrogen-bond donors (Lipinski definition) is 2. The molecule has 1 atom stereocenters. The molecular formula is C12H16BrNO2. The first-order valence-electron chi connectivity index (χ1n) is 5.50. The van der Waals surface area contributed by atoms with Gasteiger partial charge in [0.2, 0.25) is 0 Å². The number of phenolic OH excluding ortho intramolecular Hbond substituents is 1. The van der Waals surface area contributed by atoms with Crippen LogP contribution in [0.25, 0.3) is 0 Å². The Hall–Kier alpha value is -0.740. The fourth-order valence-electron chi connectivity index (χ4n) is 2.22. The molecule has 0 aliphatic carbocycles. The maximum absolute atomic E-state index is 9.92. The van der Waals surface area contributed by atoms with Gasteiger partial charge in [-0.2, -0.15) is 0 Å². The van der Waals surface area contributed by atoms with Crippen LogP contribution in [0.3, 0.4) is 0 Å². The summed E-state index contributed by atoms with van der Waals surface area (Å²) in [6, 6.07) is 3.90. The molecule has 4 heteroatoms. The van der Waals surface area contributed by atoms with E-state index in [1.165, 1.54) is 6.42 Å². The highest BCUT2D eigenvalue weighted by molar-refractivity contribution is 9.10. The average molecular weight is 286 g/mol. The number of phenols is 1. The maximum atomic E-state index is 9.92. The Bertz CT molecular complexity index is 376. The van der Waals surface area contributed by atoms with Crippen LogP contribution in [0.5, 0.6) is 11.5 Å². The van der Waals surface area contributed by atoms with Gasteiger partial charge in [0, 0.05) is 18.0 Å². The second-order valence-electron chi connectivity index (χ2n) is 4.06. The first-order valence-corrected chi connectivity index (χ1v) is 6.29. The molecular weight excluding hydrogens is 270 g/mol. The summed E-state index contributed by atoms with van der Waals surface area (Å²) in [5, 5.41) is 13.3. The monoisotopic (exact) mass is 285 g/mol. The first kappa shape index (κ1) is 11.7. The van der Waals surface area contributed by atoms with Gasteiger partial charge in [0.25, 0.3) is 0 Å². The summed E-state index contributed by atoms with van der Waals surface area (Å²) >= 11 is 3.30. The van der Waals surface area contributed by atoms with E-state index in [1.807, 2.05) is 12.1 Å². The lowest BCUT2D eigenvalue weighted by Gasteiger charge is -2.25. The van der Waals surface area contributed by atoms with Gasteiger partial charge in [-0.15, -0.1) is 0 Å². The van der Waals surface area contributed by atoms with Gasteiger partial charge in [-0.05, 0) is 41.4 Å². The minimum atomic E-state index is 0.200. The van der Waals surface area contributed by atoms with E-state index >= 15 is 0 Å². The standard InChI is InChI=1S/C12H16BrNO2/c1-16-12-9(4-5-10(13)11(12)15)8-3-2-6-14-7-8/h4-5,8,14-15H,2-3,6-7H2,1H3. The quantitative estimate of drug-likeness (QED) is 0.878. The summed E-state index contributed by atoms with van der Waals surface area (Å²) in [6.07, 6.45) is 2.31. The Balaban J connectivity index is 2.35. The Morgan fingerprint density at radius 1 is 1.50 bits per heavy atom. The number of aromatic hydroxyl groups is 1. The third kappa shape index (κ3) is 2.18. The third-order valence-electron chi connectivity index (χ3n) is 3.05. The van der Waals surface area contributed by atoms with Crippen molar-refractivity contribution in [2.45, 2.75) is 18.8 Å². The summed E-state index contributed by atoms with van der Waals surface area (Å²) in [7, 11) is 1.60. The highest BCUT2D eigenvalue weighted by Gasteiger charge is 2.21. The zero-order chi connectivity index (χ0) is 11.5. The SMILES string of the molecule is COc1c(C2CCCNC2)ccc(Br)c1O. The molecule has 0 radical (unpaired) electrons. The number of piperidine rings is 1. The normalized spacial score (nSPS) is 20.8. The number of hydrogen-bond acceptors (Lipinski definition) is 3. The molecule has 1 saturated heterocycles. The van der Waals surface area contributed by atoms with E-state index in [4.69, 9.17) is 4.74 Å². The van der Waals surface area contributed by atoms with Gasteiger partial charge in [-0.1, -0.05) is 6.07 Å². The molecule has 0 spiro atoms. The minimum Gasteiger partial charge on any atom is -0.503 e. The Morgan fingerprint density at radius 3 is 2.94 bits per heavy atom. The minimum absolute atomic E-state index is 0.200. The third-order valence-corrected chi connectivity index (χ3v) is 3.69. The van der Waals surface area contributed by atoms with Crippen LogP contribution in [-0.4, -0.2) is 25.3 Å². The number of benzene rings is 1. The Labute approximate surface area is 104 Å². The van der Waals surface area contributed by atoms with Crippen molar-refractivity contribution >= 4 is 15.9 Å². The van der Waals surface area contributed by atoms with E-state index in [-0.39, 0.29) is 5.75 Å². The largest absolute Gasteiger partial charge is 0.503 e. The van der Waals surface area contributed by atoms with E-state index in [9.17, 15) is 5.11 Å². The Kier molecular flexibility index (Phi) is 3.71. The highest BCUT2D eigenvalue weighted by atomic mass is 79.9. The summed E-state index contributed by atoms with van der Waals surface area (Å²) < 4.78 is 5.98. The van der Waals surface area contributed by atoms with Crippen molar-refractivity contribution < 1.29 is 9.84 Å². The maximum Gasteiger partial charge on any atom is 0.172 e. The number of nitrogens with one attached hydrogen (secondary N) is 1. The average Bonchev–Trinajstić information content (AvgIpc) is 2.33. The van der Waals surface area contributed by atoms with Gasteiger partial charge in [-0.3, -0.25) is 0 Å². The van der Waals surface area contributed by atoms with Crippen LogP contribution < -0.4 is 10.1 Å². The Morgan fingerprint density at radius 2 is 2.31 bits per heavy atom. The molecule has 1 aliphatic heterocycles. The molecule has 16 heavy (non-hydrogen) atoms. The predicted molar refractivity (Wildman–Crippen MR) is 67.2 cm³/mol. The molecule has 1 aromatic carbocycles. The molecule has 1 fully saturated rings. The molecule has 1 unspecified atom stereocenters. The molecule has 0 bridgehead atoms. The molecule has 1 heterocycles. The smallest absolute Gasteiger partial charge is 0.172 e. The second kappa shape index (κ2) is 5.06. The van der Waals surface area contributed by atoms with Crippen molar-refractivity contribution in [1.82, 2.24) is 5.32 Å². The van der Waals surface area contributed by atoms with Gasteiger partial charge in [0.05, 0.1) is 11.6 Å². The van der Waals surface area contributed by atoms with Crippen LogP contribution in [0.2, 0.25) is 0 Å². The van der Waals surface area contributed by atoms with Crippen molar-refractivity contribution in [2.75, 3.05) is 20.2 Å². The van der Waals surface area contributed by atoms with Crippen LogP contribution >= 0.6 is 15.9 Å². The van der Waals surface area contributed by atoms with Gasteiger partial charge in [0.15, 0.2) is 11.5 Å². The predicted octanol–water partition coefficient (Wildman–Crippen LogP) is 2.63. The van der Waals surface area contributed by atoms with Crippen LogP contribution in [0, 0.1) is 0 Å². The summed E-state index contributed by atoms with van der Waals surface area (Å²) in [4.78, 5) is 0. The zero-order valence-electron chi connectivity index (χ0n) is 9.29. The van der Waals surface area contributed by atoms with Gasteiger partial charge >= 0.3 is 0 Å². The lowest BCUT2D eigenvalue weighted by molar-refractivity contribution is 0.358. The second-order valence-corrected chi connectivity index (χ2v) is 4.92. The molecule has 88 valence electrons. The van der Waals surface area contributed by atoms with E-state index < -0.39 is 0 Å². The molecule has 0 aromatic heterocycles. The van der Waals surface area contributed by atoms with Crippen molar-refractivity contribution in [3.63, 3.8) is 0 Å². The first-order chi connectivity index (χ1) is 7.74. The number of rotatable bonds is 2. The van der Waals surface area contributed by atoms with Crippen LogP contribution in [0.1, 0.15) is 24.3 Å². The highest BCUT2D eigenvalue weighted by Crippen LogP contribution is 2.41. The molecule has 1 aliphatic rings. The fraction of sp³-hybridized carbons (Fsp3) is 0.500. The van der Waals surface area contributed by atoms with E-state index in [2.05, 4.69) is 21.2 Å². The van der Waals surface area contributed by atoms with Crippen molar-refractivity contribution in [3.8, 4) is 11.5 Å². The topological polar surface area (TPSA) is 41.5 Å². The fourth-order valence-corrected chi connectivity index (χ4v) is 2.53. The molecule has 1 aromatic rings. The van der Waals surface area contributed by atoms with Crippen molar-refractivity contribution in [1.29, 1.82) is 0 Å². The van der Waals surface area contributed by atoms with Gasteiger partial charge in [-0.25, -0.2) is 0 Å². The lowest BCUT2D eigenvalue weighted by Crippen LogP contribution is -2.28. The van der Waals surface area contributed by atoms with Gasteiger partial charge < -0.3 is 15.2 Å². The number of halogens is 1. The number of ether oxygens (including phenoxy) is 1. The van der Waals surface area contributed by atoms with Crippen LogP contribution in [0.4, 0.5) is 0 Å². The molecule has 0 saturated carbocycles. The number of methoxy groups -OCH3 is 1. The summed E-state index contributed by atoms with van der Waals surface area (Å²) in [6.45, 7) is 2.04. The van der Waals surface area contributed by atoms with E-state index in [1.54, 1.807) is 7.11 Å². The molecule has 2 N–H and O–H groups in total. The van der Waals surface area contributed by atoms with Crippen LogP contribution in [0.15, 0.2) is 16.6 Å². The van der Waals surface area contributed by atoms with Crippen LogP contribution in [-0.2, 0) is 0 Å². The summed E-state index contributed by atoms with van der Waals surface area (Å²) in [5.41, 5.74) is 1.09. The van der Waals surface area contributed by atoms with Crippen molar-refractivity contribution in [2.24, 2.45) is 0 Å². The summed E-state index contributed by atoms with van der Waals surface area (Å²) in [5.74, 6) is 1.23. The molecule has 2 rings (SSSR count). The van der Waals surface area contributed by atoms with E-state index in [0.29, 0.717) is 16.1 Å². The zero-order valence-corrected chi connectivity index (χ0v) is 10.9.